The first-order chi connectivity index (χ1) is 11.5. The Labute approximate surface area is 140 Å². The van der Waals surface area contributed by atoms with E-state index in [1.807, 2.05) is 31.2 Å². The Hall–Kier alpha value is -2.76. The molecule has 1 heterocycles. The van der Waals surface area contributed by atoms with Crippen LogP contribution in [0, 0.1) is 6.92 Å². The number of hydrogen-bond acceptors (Lipinski definition) is 4. The Bertz CT molecular complexity index is 718. The molecule has 0 saturated carbocycles. The first-order valence-electron chi connectivity index (χ1n) is 7.69. The molecular formula is C18H21NO5. The van der Waals surface area contributed by atoms with E-state index in [2.05, 4.69) is 5.32 Å². The number of methoxy groups -OCH3 is 1. The molecule has 128 valence electrons. The summed E-state index contributed by atoms with van der Waals surface area (Å²) >= 11 is 0. The van der Waals surface area contributed by atoms with Crippen molar-refractivity contribution in [3.63, 3.8) is 0 Å². The van der Waals surface area contributed by atoms with Crippen LogP contribution >= 0.6 is 0 Å². The molecule has 0 radical (unpaired) electrons. The molecule has 1 unspecified atom stereocenters. The summed E-state index contributed by atoms with van der Waals surface area (Å²) in [5.74, 6) is -0.461. The fourth-order valence-electron chi connectivity index (χ4n) is 2.56. The van der Waals surface area contributed by atoms with Crippen molar-refractivity contribution in [1.29, 1.82) is 0 Å². The van der Waals surface area contributed by atoms with Crippen LogP contribution in [0.2, 0.25) is 0 Å². The van der Waals surface area contributed by atoms with Crippen molar-refractivity contribution in [2.45, 2.75) is 32.7 Å². The summed E-state index contributed by atoms with van der Waals surface area (Å²) in [6.07, 6.45) is 1.78. The van der Waals surface area contributed by atoms with Crippen LogP contribution in [-0.4, -0.2) is 24.1 Å². The number of rotatable bonds is 7. The second-order valence-electron chi connectivity index (χ2n) is 5.49. The lowest BCUT2D eigenvalue weighted by atomic mass is 10.0. The van der Waals surface area contributed by atoms with Crippen LogP contribution < -0.4 is 10.1 Å². The van der Waals surface area contributed by atoms with Crippen molar-refractivity contribution < 1.29 is 23.8 Å². The summed E-state index contributed by atoms with van der Waals surface area (Å²) in [5.41, 5.74) is 1.87. The molecule has 0 aliphatic rings. The van der Waals surface area contributed by atoms with Crippen LogP contribution in [0.3, 0.4) is 0 Å². The fraction of sp³-hybridized carbons (Fsp3) is 0.333. The molecule has 1 atom stereocenters. The van der Waals surface area contributed by atoms with E-state index in [1.54, 1.807) is 14.0 Å². The maximum atomic E-state index is 12.6. The SMILES string of the molecule is CCC(NC(=O)c1c(C)coc1CC(=O)O)c1ccc(OC)cc1. The number of aliphatic carboxylic acids is 1. The minimum absolute atomic E-state index is 0.169. The van der Waals surface area contributed by atoms with E-state index < -0.39 is 5.97 Å². The van der Waals surface area contributed by atoms with Gasteiger partial charge in [-0.05, 0) is 31.0 Å². The number of aryl methyl sites for hydroxylation is 1. The van der Waals surface area contributed by atoms with Gasteiger partial charge in [0.2, 0.25) is 0 Å². The van der Waals surface area contributed by atoms with Crippen LogP contribution in [0.1, 0.15) is 46.6 Å². The molecule has 0 spiro atoms. The molecule has 1 aromatic carbocycles. The van der Waals surface area contributed by atoms with E-state index in [-0.39, 0.29) is 24.1 Å². The Morgan fingerprint density at radius 2 is 1.96 bits per heavy atom. The van der Waals surface area contributed by atoms with Crippen LogP contribution in [0.4, 0.5) is 0 Å². The predicted molar refractivity (Wildman–Crippen MR) is 88.3 cm³/mol. The highest BCUT2D eigenvalue weighted by molar-refractivity contribution is 5.97. The second-order valence-corrected chi connectivity index (χ2v) is 5.49. The van der Waals surface area contributed by atoms with Gasteiger partial charge in [-0.2, -0.15) is 0 Å². The molecule has 2 aromatic rings. The van der Waals surface area contributed by atoms with Gasteiger partial charge in [0.1, 0.15) is 17.9 Å². The Morgan fingerprint density at radius 3 is 2.50 bits per heavy atom. The highest BCUT2D eigenvalue weighted by atomic mass is 16.5. The van der Waals surface area contributed by atoms with Gasteiger partial charge in [-0.1, -0.05) is 19.1 Å². The van der Waals surface area contributed by atoms with Gasteiger partial charge >= 0.3 is 5.97 Å². The maximum Gasteiger partial charge on any atom is 0.311 e. The molecule has 2 rings (SSSR count). The Balaban J connectivity index is 2.20. The summed E-state index contributed by atoms with van der Waals surface area (Å²) in [6, 6.07) is 7.28. The summed E-state index contributed by atoms with van der Waals surface area (Å²) in [5, 5.41) is 11.9. The second kappa shape index (κ2) is 7.68. The third kappa shape index (κ3) is 3.95. The number of benzene rings is 1. The van der Waals surface area contributed by atoms with Crippen molar-refractivity contribution in [2.24, 2.45) is 0 Å². The van der Waals surface area contributed by atoms with Crippen LogP contribution in [0.25, 0.3) is 0 Å². The van der Waals surface area contributed by atoms with E-state index in [4.69, 9.17) is 14.3 Å². The van der Waals surface area contributed by atoms with Crippen molar-refractivity contribution >= 4 is 11.9 Å². The molecule has 1 amide bonds. The number of amides is 1. The van der Waals surface area contributed by atoms with Crippen LogP contribution in [-0.2, 0) is 11.2 Å². The molecule has 0 aliphatic carbocycles. The molecule has 2 N–H and O–H groups in total. The van der Waals surface area contributed by atoms with Gasteiger partial charge in [0, 0.05) is 5.56 Å². The monoisotopic (exact) mass is 331 g/mol. The number of carbonyl (C=O) groups excluding carboxylic acids is 1. The molecule has 0 aliphatic heterocycles. The zero-order valence-corrected chi connectivity index (χ0v) is 14.0. The summed E-state index contributed by atoms with van der Waals surface area (Å²) in [6.45, 7) is 3.69. The highest BCUT2D eigenvalue weighted by Crippen LogP contribution is 2.23. The minimum atomic E-state index is -1.04. The number of nitrogens with one attached hydrogen (secondary N) is 1. The Kier molecular flexibility index (Phi) is 5.63. The standard InChI is InChI=1S/C18H21NO5/c1-4-14(12-5-7-13(23-3)8-6-12)19-18(22)17-11(2)10-24-15(17)9-16(20)21/h5-8,10,14H,4,9H2,1-3H3,(H,19,22)(H,20,21). The highest BCUT2D eigenvalue weighted by Gasteiger charge is 2.22. The minimum Gasteiger partial charge on any atom is -0.497 e. The molecule has 0 bridgehead atoms. The fourth-order valence-corrected chi connectivity index (χ4v) is 2.56. The predicted octanol–water partition coefficient (Wildman–Crippen LogP) is 3.10. The topological polar surface area (TPSA) is 88.8 Å². The molecule has 0 saturated heterocycles. The number of carboxylic acids is 1. The molecule has 6 nitrogen and oxygen atoms in total. The summed E-state index contributed by atoms with van der Waals surface area (Å²) in [4.78, 5) is 23.5. The summed E-state index contributed by atoms with van der Waals surface area (Å²) < 4.78 is 10.4. The Morgan fingerprint density at radius 1 is 1.29 bits per heavy atom. The molecular weight excluding hydrogens is 310 g/mol. The smallest absolute Gasteiger partial charge is 0.311 e. The normalized spacial score (nSPS) is 11.8. The van der Waals surface area contributed by atoms with Crippen molar-refractivity contribution in [2.75, 3.05) is 7.11 Å². The van der Waals surface area contributed by atoms with Gasteiger partial charge in [-0.3, -0.25) is 9.59 Å². The van der Waals surface area contributed by atoms with E-state index in [9.17, 15) is 9.59 Å². The van der Waals surface area contributed by atoms with Gasteiger partial charge in [-0.15, -0.1) is 0 Å². The number of carbonyl (C=O) groups is 2. The van der Waals surface area contributed by atoms with Crippen LogP contribution in [0.15, 0.2) is 34.9 Å². The maximum absolute atomic E-state index is 12.6. The average molecular weight is 331 g/mol. The first-order valence-corrected chi connectivity index (χ1v) is 7.69. The number of furan rings is 1. The quantitative estimate of drug-likeness (QED) is 0.814. The first kappa shape index (κ1) is 17.6. The lowest BCUT2D eigenvalue weighted by Crippen LogP contribution is -2.29. The lowest BCUT2D eigenvalue weighted by molar-refractivity contribution is -0.136. The number of hydrogen-bond donors (Lipinski definition) is 2. The van der Waals surface area contributed by atoms with Gasteiger partial charge < -0.3 is 19.6 Å². The van der Waals surface area contributed by atoms with Crippen molar-refractivity contribution in [3.05, 3.63) is 53.0 Å². The average Bonchev–Trinajstić information content (AvgIpc) is 2.92. The molecule has 0 fully saturated rings. The molecule has 1 aromatic heterocycles. The largest absolute Gasteiger partial charge is 0.497 e. The third-order valence-electron chi connectivity index (χ3n) is 3.82. The van der Waals surface area contributed by atoms with Gasteiger partial charge in [-0.25, -0.2) is 0 Å². The zero-order valence-electron chi connectivity index (χ0n) is 14.0. The summed E-state index contributed by atoms with van der Waals surface area (Å²) in [7, 11) is 1.60. The van der Waals surface area contributed by atoms with E-state index in [0.29, 0.717) is 17.5 Å². The van der Waals surface area contributed by atoms with Gasteiger partial charge in [0.25, 0.3) is 5.91 Å². The van der Waals surface area contributed by atoms with Crippen LogP contribution in [0.5, 0.6) is 5.75 Å². The van der Waals surface area contributed by atoms with E-state index in [1.165, 1.54) is 6.26 Å². The molecule has 24 heavy (non-hydrogen) atoms. The van der Waals surface area contributed by atoms with Crippen molar-refractivity contribution in [3.8, 4) is 5.75 Å². The van der Waals surface area contributed by atoms with Gasteiger partial charge in [0.05, 0.1) is 25.0 Å². The third-order valence-corrected chi connectivity index (χ3v) is 3.82. The van der Waals surface area contributed by atoms with E-state index in [0.717, 1.165) is 11.3 Å². The number of carboxylic acid groups (broad SMARTS) is 1. The van der Waals surface area contributed by atoms with Crippen molar-refractivity contribution in [1.82, 2.24) is 5.32 Å². The van der Waals surface area contributed by atoms with E-state index >= 15 is 0 Å². The van der Waals surface area contributed by atoms with Gasteiger partial charge in [0.15, 0.2) is 0 Å². The lowest BCUT2D eigenvalue weighted by Gasteiger charge is -2.18. The number of ether oxygens (including phenoxy) is 1. The molecule has 6 heteroatoms. The zero-order chi connectivity index (χ0) is 17.7.